The minimum absolute atomic E-state index is 0.0719. The third-order valence-electron chi connectivity index (χ3n) is 4.77. The maximum Gasteiger partial charge on any atom is 0.276 e. The molecule has 2 aromatic rings. The van der Waals surface area contributed by atoms with Crippen molar-refractivity contribution in [3.63, 3.8) is 0 Å². The minimum Gasteiger partial charge on any atom is -0.385 e. The van der Waals surface area contributed by atoms with Crippen molar-refractivity contribution in [1.82, 2.24) is 4.98 Å². The second-order valence-corrected chi connectivity index (χ2v) is 6.60. The van der Waals surface area contributed by atoms with Gasteiger partial charge in [-0.15, -0.1) is 0 Å². The number of para-hydroxylation sites is 1. The molecular formula is C22H27N3O. The molecule has 4 nitrogen and oxygen atoms in total. The molecule has 1 heterocycles. The summed E-state index contributed by atoms with van der Waals surface area (Å²) in [5.74, 6) is -0.0719. The summed E-state index contributed by atoms with van der Waals surface area (Å²) in [5.41, 5.74) is 3.86. The largest absolute Gasteiger partial charge is 0.385 e. The van der Waals surface area contributed by atoms with Gasteiger partial charge in [-0.3, -0.25) is 9.78 Å². The predicted molar refractivity (Wildman–Crippen MR) is 108 cm³/mol. The minimum atomic E-state index is -0.0719. The highest BCUT2D eigenvalue weighted by Gasteiger charge is 2.17. The van der Waals surface area contributed by atoms with Crippen molar-refractivity contribution in [2.75, 3.05) is 23.3 Å². The van der Waals surface area contributed by atoms with Crippen LogP contribution in [0.2, 0.25) is 0 Å². The van der Waals surface area contributed by atoms with E-state index < -0.39 is 0 Å². The predicted octanol–water partition coefficient (Wildman–Crippen LogP) is 5.05. The lowest BCUT2D eigenvalue weighted by Crippen LogP contribution is -2.31. The summed E-state index contributed by atoms with van der Waals surface area (Å²) in [5, 5.41) is 3.43. The van der Waals surface area contributed by atoms with Crippen molar-refractivity contribution in [1.29, 1.82) is 0 Å². The Hall–Kier alpha value is -2.62. The highest BCUT2D eigenvalue weighted by Crippen LogP contribution is 2.21. The molecule has 136 valence electrons. The lowest BCUT2D eigenvalue weighted by Gasteiger charge is -2.21. The van der Waals surface area contributed by atoms with Crippen LogP contribution in [0.4, 0.5) is 11.4 Å². The van der Waals surface area contributed by atoms with Crippen molar-refractivity contribution in [3.05, 3.63) is 66.0 Å². The molecule has 1 N–H and O–H groups in total. The Bertz CT molecular complexity index is 755. The van der Waals surface area contributed by atoms with E-state index in [1.807, 2.05) is 49.4 Å². The average molecular weight is 349 g/mol. The van der Waals surface area contributed by atoms with E-state index in [9.17, 15) is 4.79 Å². The lowest BCUT2D eigenvalue weighted by molar-refractivity contribution is 0.0983. The van der Waals surface area contributed by atoms with Crippen LogP contribution in [0.25, 0.3) is 0 Å². The first-order valence-corrected chi connectivity index (χ1v) is 9.52. The van der Waals surface area contributed by atoms with Gasteiger partial charge in [0, 0.05) is 30.7 Å². The van der Waals surface area contributed by atoms with Gasteiger partial charge in [-0.1, -0.05) is 29.8 Å². The number of pyridine rings is 1. The van der Waals surface area contributed by atoms with Crippen LogP contribution in [0.3, 0.4) is 0 Å². The topological polar surface area (TPSA) is 45.2 Å². The molecule has 0 saturated heterocycles. The second kappa shape index (κ2) is 9.18. The van der Waals surface area contributed by atoms with Crippen LogP contribution in [0.1, 0.15) is 49.5 Å². The van der Waals surface area contributed by atoms with Crippen molar-refractivity contribution in [3.8, 4) is 0 Å². The maximum absolute atomic E-state index is 12.9. The molecule has 0 atom stereocenters. The number of allylic oxidation sites excluding steroid dienone is 1. The highest BCUT2D eigenvalue weighted by molar-refractivity contribution is 6.05. The number of rotatable bonds is 7. The Morgan fingerprint density at radius 2 is 2.04 bits per heavy atom. The number of aromatic nitrogens is 1. The molecule has 1 aromatic carbocycles. The Morgan fingerprint density at radius 1 is 1.19 bits per heavy atom. The van der Waals surface area contributed by atoms with Gasteiger partial charge in [0.25, 0.3) is 5.91 Å². The molecule has 0 unspecified atom stereocenters. The molecule has 0 fully saturated rings. The van der Waals surface area contributed by atoms with Crippen LogP contribution in [-0.4, -0.2) is 24.0 Å². The van der Waals surface area contributed by atoms with E-state index in [4.69, 9.17) is 0 Å². The van der Waals surface area contributed by atoms with Gasteiger partial charge < -0.3 is 10.2 Å². The summed E-state index contributed by atoms with van der Waals surface area (Å²) < 4.78 is 0. The third kappa shape index (κ3) is 4.72. The summed E-state index contributed by atoms with van der Waals surface area (Å²) >= 11 is 0. The molecule has 1 aliphatic rings. The molecule has 0 bridgehead atoms. The van der Waals surface area contributed by atoms with Gasteiger partial charge in [0.2, 0.25) is 0 Å². The fourth-order valence-corrected chi connectivity index (χ4v) is 3.35. The fraction of sp³-hybridized carbons (Fsp3) is 0.364. The SMILES string of the molecule is CCN(C(=O)c1cc(NCCC2=CCCCC2)ccn1)c1ccccc1. The molecule has 0 aliphatic heterocycles. The smallest absolute Gasteiger partial charge is 0.276 e. The monoisotopic (exact) mass is 349 g/mol. The molecule has 1 aliphatic carbocycles. The second-order valence-electron chi connectivity index (χ2n) is 6.60. The Balaban J connectivity index is 1.64. The summed E-state index contributed by atoms with van der Waals surface area (Å²) in [6, 6.07) is 13.5. The van der Waals surface area contributed by atoms with Crippen molar-refractivity contribution < 1.29 is 4.79 Å². The van der Waals surface area contributed by atoms with Gasteiger partial charge in [0.1, 0.15) is 5.69 Å². The van der Waals surface area contributed by atoms with Gasteiger partial charge in [-0.2, -0.15) is 0 Å². The summed E-state index contributed by atoms with van der Waals surface area (Å²) in [6.07, 6.45) is 10.2. The molecule has 4 heteroatoms. The van der Waals surface area contributed by atoms with Crippen LogP contribution >= 0.6 is 0 Å². The molecule has 26 heavy (non-hydrogen) atoms. The van der Waals surface area contributed by atoms with E-state index in [0.29, 0.717) is 12.2 Å². The zero-order chi connectivity index (χ0) is 18.2. The number of benzene rings is 1. The van der Waals surface area contributed by atoms with Crippen molar-refractivity contribution in [2.24, 2.45) is 0 Å². The molecule has 0 saturated carbocycles. The van der Waals surface area contributed by atoms with E-state index in [1.54, 1.807) is 16.7 Å². The maximum atomic E-state index is 12.9. The van der Waals surface area contributed by atoms with E-state index in [2.05, 4.69) is 16.4 Å². The van der Waals surface area contributed by atoms with Crippen LogP contribution in [0.15, 0.2) is 60.3 Å². The quantitative estimate of drug-likeness (QED) is 0.711. The normalized spacial score (nSPS) is 13.8. The van der Waals surface area contributed by atoms with Crippen LogP contribution in [-0.2, 0) is 0 Å². The van der Waals surface area contributed by atoms with Crippen molar-refractivity contribution >= 4 is 17.3 Å². The summed E-state index contributed by atoms with van der Waals surface area (Å²) in [7, 11) is 0. The van der Waals surface area contributed by atoms with Gasteiger partial charge in [0.15, 0.2) is 0 Å². The van der Waals surface area contributed by atoms with E-state index in [-0.39, 0.29) is 5.91 Å². The lowest BCUT2D eigenvalue weighted by atomic mass is 9.97. The van der Waals surface area contributed by atoms with Crippen LogP contribution in [0.5, 0.6) is 0 Å². The van der Waals surface area contributed by atoms with Crippen molar-refractivity contribution in [2.45, 2.75) is 39.0 Å². The molecule has 1 aromatic heterocycles. The van der Waals surface area contributed by atoms with Crippen LogP contribution < -0.4 is 10.2 Å². The Morgan fingerprint density at radius 3 is 2.77 bits per heavy atom. The standard InChI is InChI=1S/C22H27N3O/c1-2-25(20-11-7-4-8-12-20)22(26)21-17-19(14-16-24-21)23-15-13-18-9-5-3-6-10-18/h4,7-9,11-12,14,16-17H,2-3,5-6,10,13,15H2,1H3,(H,23,24). The fourth-order valence-electron chi connectivity index (χ4n) is 3.35. The zero-order valence-electron chi connectivity index (χ0n) is 15.4. The van der Waals surface area contributed by atoms with E-state index >= 15 is 0 Å². The number of carbonyl (C=O) groups excluding carboxylic acids is 1. The number of nitrogens with one attached hydrogen (secondary N) is 1. The number of hydrogen-bond acceptors (Lipinski definition) is 3. The number of anilines is 2. The first kappa shape index (κ1) is 18.2. The third-order valence-corrected chi connectivity index (χ3v) is 4.77. The first-order chi connectivity index (χ1) is 12.8. The number of nitrogens with zero attached hydrogens (tertiary/aromatic N) is 2. The molecule has 0 spiro atoms. The highest BCUT2D eigenvalue weighted by atomic mass is 16.2. The van der Waals surface area contributed by atoms with E-state index in [0.717, 1.165) is 24.3 Å². The molecule has 3 rings (SSSR count). The Kier molecular flexibility index (Phi) is 6.42. The molecular weight excluding hydrogens is 322 g/mol. The zero-order valence-corrected chi connectivity index (χ0v) is 15.4. The summed E-state index contributed by atoms with van der Waals surface area (Å²) in [4.78, 5) is 18.9. The first-order valence-electron chi connectivity index (χ1n) is 9.52. The summed E-state index contributed by atoms with van der Waals surface area (Å²) in [6.45, 7) is 3.47. The molecule has 1 amide bonds. The molecule has 0 radical (unpaired) electrons. The number of carbonyl (C=O) groups is 1. The van der Waals surface area contributed by atoms with Gasteiger partial charge in [-0.25, -0.2) is 0 Å². The Labute approximate surface area is 155 Å². The average Bonchev–Trinajstić information content (AvgIpc) is 2.70. The number of amides is 1. The number of hydrogen-bond donors (Lipinski definition) is 1. The van der Waals surface area contributed by atoms with Crippen LogP contribution in [0, 0.1) is 0 Å². The van der Waals surface area contributed by atoms with E-state index in [1.165, 1.54) is 25.7 Å². The van der Waals surface area contributed by atoms with Gasteiger partial charge >= 0.3 is 0 Å². The van der Waals surface area contributed by atoms with Gasteiger partial charge in [-0.05, 0) is 63.3 Å². The van der Waals surface area contributed by atoms with Gasteiger partial charge in [0.05, 0.1) is 0 Å².